The van der Waals surface area contributed by atoms with Crippen molar-refractivity contribution >= 4 is 23.4 Å². The molecule has 5 rings (SSSR count). The van der Waals surface area contributed by atoms with Crippen molar-refractivity contribution in [1.82, 2.24) is 10.2 Å². The number of methoxy groups -OCH3 is 2. The fourth-order valence-corrected chi connectivity index (χ4v) is 10.5. The van der Waals surface area contributed by atoms with Crippen LogP contribution in [0.15, 0.2) is 53.6 Å². The van der Waals surface area contributed by atoms with E-state index in [9.17, 15) is 29.4 Å². The van der Waals surface area contributed by atoms with Crippen LogP contribution in [-0.4, -0.2) is 120 Å². The monoisotopic (exact) mass is 895 g/mol. The van der Waals surface area contributed by atoms with Crippen molar-refractivity contribution in [2.45, 2.75) is 180 Å². The van der Waals surface area contributed by atoms with Crippen LogP contribution in [0.3, 0.4) is 0 Å². The number of hydrogen-bond acceptors (Lipinski definition) is 12. The number of piperidine rings is 1. The lowest BCUT2D eigenvalue weighted by Crippen LogP contribution is -2.64. The van der Waals surface area contributed by atoms with Gasteiger partial charge in [-0.3, -0.25) is 14.4 Å². The number of hydrogen-bond donors (Lipinski definition) is 3. The SMILES string of the molecule is CCC1/C=C(\C)CC(C)CC(OC)C2OC(O)(C(=O)C(=O)N3CCCCC3C(=O)OC(C(C)=CC3CCC(NC[C@@H](C)O)C(Oc4ccccc4)C3)C(C)CCC1=O)C(C)CC2OC. The zero-order valence-electron chi connectivity index (χ0n) is 40.0. The highest BCUT2D eigenvalue weighted by Crippen LogP contribution is 2.39. The number of nitrogens with zero attached hydrogens (tertiary/aromatic N) is 1. The van der Waals surface area contributed by atoms with E-state index in [2.05, 4.69) is 24.4 Å². The molecule has 358 valence electrons. The summed E-state index contributed by atoms with van der Waals surface area (Å²) >= 11 is 0. The average molecular weight is 895 g/mol. The Labute approximate surface area is 382 Å². The van der Waals surface area contributed by atoms with Crippen molar-refractivity contribution in [3.8, 4) is 5.75 Å². The fourth-order valence-electron chi connectivity index (χ4n) is 10.5. The van der Waals surface area contributed by atoms with Crippen LogP contribution in [-0.2, 0) is 38.1 Å². The quantitative estimate of drug-likeness (QED) is 0.126. The van der Waals surface area contributed by atoms with E-state index in [-0.39, 0.29) is 54.6 Å². The number of nitrogens with one attached hydrogen (secondary N) is 1. The maximum Gasteiger partial charge on any atom is 0.329 e. The highest BCUT2D eigenvalue weighted by atomic mass is 16.7. The van der Waals surface area contributed by atoms with E-state index in [0.717, 1.165) is 29.7 Å². The minimum absolute atomic E-state index is 0.0235. The van der Waals surface area contributed by atoms with Gasteiger partial charge in [0.2, 0.25) is 5.79 Å². The molecule has 1 saturated carbocycles. The number of ether oxygens (including phenoxy) is 5. The smallest absolute Gasteiger partial charge is 0.329 e. The summed E-state index contributed by atoms with van der Waals surface area (Å²) < 4.78 is 31.2. The first-order valence-electron chi connectivity index (χ1n) is 24.0. The molecule has 13 unspecified atom stereocenters. The van der Waals surface area contributed by atoms with Gasteiger partial charge in [-0.15, -0.1) is 0 Å². The van der Waals surface area contributed by atoms with Crippen LogP contribution in [0.25, 0.3) is 0 Å². The molecule has 13 nitrogen and oxygen atoms in total. The second kappa shape index (κ2) is 23.8. The van der Waals surface area contributed by atoms with Crippen molar-refractivity contribution in [2.24, 2.45) is 29.6 Å². The number of carbonyl (C=O) groups excluding carboxylic acids is 4. The van der Waals surface area contributed by atoms with Crippen LogP contribution in [0.4, 0.5) is 0 Å². The lowest BCUT2D eigenvalue weighted by molar-refractivity contribution is -0.302. The Kier molecular flexibility index (Phi) is 19.2. The van der Waals surface area contributed by atoms with Gasteiger partial charge in [-0.05, 0) is 127 Å². The van der Waals surface area contributed by atoms with Crippen LogP contribution < -0.4 is 10.1 Å². The van der Waals surface area contributed by atoms with Crippen molar-refractivity contribution in [2.75, 3.05) is 27.3 Å². The molecule has 2 bridgehead atoms. The predicted molar refractivity (Wildman–Crippen MR) is 244 cm³/mol. The summed E-state index contributed by atoms with van der Waals surface area (Å²) in [6.07, 6.45) is 7.58. The molecule has 0 radical (unpaired) electrons. The van der Waals surface area contributed by atoms with Crippen LogP contribution in [0.2, 0.25) is 0 Å². The molecule has 4 aliphatic rings. The molecule has 2 saturated heterocycles. The maximum absolute atomic E-state index is 14.5. The second-order valence-electron chi connectivity index (χ2n) is 19.5. The fraction of sp³-hybridized carbons (Fsp3) is 0.725. The lowest BCUT2D eigenvalue weighted by atomic mass is 9.81. The van der Waals surface area contributed by atoms with Gasteiger partial charge in [0.1, 0.15) is 35.9 Å². The summed E-state index contributed by atoms with van der Waals surface area (Å²) in [5.41, 5.74) is 1.92. The Morgan fingerprint density at radius 3 is 2.34 bits per heavy atom. The van der Waals surface area contributed by atoms with Crippen LogP contribution >= 0.6 is 0 Å². The Hall–Kier alpha value is -3.46. The molecule has 1 amide bonds. The number of fused-ring (bicyclic) bond motifs is 3. The van der Waals surface area contributed by atoms with Gasteiger partial charge in [-0.1, -0.05) is 63.6 Å². The number of Topliss-reactive ketones (excluding diaryl/α,β-unsaturated/α-hetero) is 2. The summed E-state index contributed by atoms with van der Waals surface area (Å²) in [6, 6.07) is 8.66. The number of ketones is 2. The van der Waals surface area contributed by atoms with Crippen molar-refractivity contribution in [3.63, 3.8) is 0 Å². The third kappa shape index (κ3) is 13.1. The number of aliphatic hydroxyl groups is 2. The van der Waals surface area contributed by atoms with E-state index in [0.29, 0.717) is 64.3 Å². The van der Waals surface area contributed by atoms with Crippen molar-refractivity contribution < 1.29 is 53.1 Å². The van der Waals surface area contributed by atoms with E-state index in [1.54, 1.807) is 28.1 Å². The van der Waals surface area contributed by atoms with E-state index in [1.807, 2.05) is 58.0 Å². The van der Waals surface area contributed by atoms with Gasteiger partial charge in [0.05, 0.1) is 18.3 Å². The van der Waals surface area contributed by atoms with E-state index in [1.165, 1.54) is 4.90 Å². The first-order valence-corrected chi connectivity index (χ1v) is 24.0. The minimum atomic E-state index is -2.48. The molecule has 14 atom stereocenters. The highest BCUT2D eigenvalue weighted by molar-refractivity contribution is 6.39. The number of amides is 1. The van der Waals surface area contributed by atoms with Crippen LogP contribution in [0.5, 0.6) is 5.75 Å². The third-order valence-electron chi connectivity index (χ3n) is 14.2. The van der Waals surface area contributed by atoms with Gasteiger partial charge in [0.25, 0.3) is 11.7 Å². The largest absolute Gasteiger partial charge is 0.489 e. The van der Waals surface area contributed by atoms with Gasteiger partial charge in [-0.25, -0.2) is 4.79 Å². The number of aliphatic hydroxyl groups excluding tert-OH is 1. The molecule has 0 spiro atoms. The lowest BCUT2D eigenvalue weighted by Gasteiger charge is -2.47. The molecule has 1 aliphatic carbocycles. The Bertz CT molecular complexity index is 1770. The number of para-hydroxylation sites is 1. The number of carbonyl (C=O) groups is 4. The standard InChI is InChI=1S/C51H78N2O11/c1-10-38-25-31(2)24-32(3)26-44(60-8)47-45(61-9)28-35(6)51(59,64-47)48(56)49(57)53-23-15-14-18-41(53)50(58)63-46(33(4)19-22-42(38)55)34(5)27-37-20-21-40(52-30-36(7)54)43(29-37)62-39-16-12-11-13-17-39/h11-13,16-17,25,27,32-33,35-38,40-41,43-47,52,54,59H,10,14-15,18-24,26,28-30H2,1-9H3/b31-25+,34-27?/t32?,33?,35?,36-,37?,38?,40?,41?,43?,44?,45?,46?,47?,51?/m1/s1. The van der Waals surface area contributed by atoms with Crippen molar-refractivity contribution in [1.29, 1.82) is 0 Å². The topological polar surface area (TPSA) is 170 Å². The summed E-state index contributed by atoms with van der Waals surface area (Å²) in [6.45, 7) is 14.1. The Balaban J connectivity index is 1.48. The maximum atomic E-state index is 14.5. The number of rotatable bonds is 10. The zero-order valence-corrected chi connectivity index (χ0v) is 40.0. The predicted octanol–water partition coefficient (Wildman–Crippen LogP) is 6.91. The van der Waals surface area contributed by atoms with Gasteiger partial charge in [0.15, 0.2) is 0 Å². The molecule has 1 aromatic carbocycles. The second-order valence-corrected chi connectivity index (χ2v) is 19.5. The summed E-state index contributed by atoms with van der Waals surface area (Å²) in [4.78, 5) is 58.5. The number of benzene rings is 1. The van der Waals surface area contributed by atoms with Gasteiger partial charge in [0, 0.05) is 51.6 Å². The van der Waals surface area contributed by atoms with Crippen LogP contribution in [0.1, 0.15) is 126 Å². The van der Waals surface area contributed by atoms with E-state index >= 15 is 0 Å². The summed E-state index contributed by atoms with van der Waals surface area (Å²) in [5, 5.41) is 25.7. The molecular formula is C51H78N2O11. The first kappa shape index (κ1) is 51.5. The zero-order chi connectivity index (χ0) is 46.7. The van der Waals surface area contributed by atoms with Crippen LogP contribution in [0, 0.1) is 29.6 Å². The number of esters is 1. The van der Waals surface area contributed by atoms with E-state index in [4.69, 9.17) is 23.7 Å². The van der Waals surface area contributed by atoms with Crippen molar-refractivity contribution in [3.05, 3.63) is 53.6 Å². The number of cyclic esters (lactones) is 1. The first-order chi connectivity index (χ1) is 30.5. The van der Waals surface area contributed by atoms with Gasteiger partial charge in [-0.2, -0.15) is 0 Å². The highest BCUT2D eigenvalue weighted by Gasteiger charge is 2.56. The van der Waals surface area contributed by atoms with Gasteiger partial charge < -0.3 is 44.1 Å². The normalized spacial score (nSPS) is 37.1. The molecular weight excluding hydrogens is 817 g/mol. The summed E-state index contributed by atoms with van der Waals surface area (Å²) in [7, 11) is 3.11. The molecule has 3 fully saturated rings. The molecule has 3 aliphatic heterocycles. The number of allylic oxidation sites excluding steroid dienone is 3. The molecule has 3 heterocycles. The Morgan fingerprint density at radius 2 is 1.67 bits per heavy atom. The molecule has 0 aromatic heterocycles. The molecule has 13 heteroatoms. The summed E-state index contributed by atoms with van der Waals surface area (Å²) in [5.74, 6) is -5.49. The molecule has 1 aromatic rings. The molecule has 64 heavy (non-hydrogen) atoms. The Morgan fingerprint density at radius 1 is 0.969 bits per heavy atom. The molecule has 3 N–H and O–H groups in total. The van der Waals surface area contributed by atoms with E-state index < -0.39 is 65.9 Å². The minimum Gasteiger partial charge on any atom is -0.489 e. The third-order valence-corrected chi connectivity index (χ3v) is 14.2. The van der Waals surface area contributed by atoms with Gasteiger partial charge >= 0.3 is 5.97 Å². The average Bonchev–Trinajstić information content (AvgIpc) is 3.28.